The predicted octanol–water partition coefficient (Wildman–Crippen LogP) is 2.64. The number of pyridine rings is 1. The van der Waals surface area contributed by atoms with Gasteiger partial charge in [0.1, 0.15) is 17.2 Å². The van der Waals surface area contributed by atoms with Crippen molar-refractivity contribution in [2.24, 2.45) is 0 Å². The molecular weight excluding hydrogens is 448 g/mol. The monoisotopic (exact) mass is 471 g/mol. The van der Waals surface area contributed by atoms with E-state index in [2.05, 4.69) is 0 Å². The Labute approximate surface area is 193 Å². The second kappa shape index (κ2) is 9.03. The minimum atomic E-state index is -1.47. The topological polar surface area (TPSA) is 84.2 Å². The number of carbonyl (C=O) groups is 1. The molecule has 0 saturated carbocycles. The Balaban J connectivity index is 1.69. The van der Waals surface area contributed by atoms with E-state index in [9.17, 15) is 14.7 Å². The van der Waals surface area contributed by atoms with Crippen LogP contribution in [0.25, 0.3) is 16.6 Å². The third-order valence-corrected chi connectivity index (χ3v) is 6.22. The quantitative estimate of drug-likeness (QED) is 0.626. The Morgan fingerprint density at radius 2 is 1.47 bits per heavy atom. The Morgan fingerprint density at radius 1 is 0.853 bits per heavy atom. The number of aromatic nitrogens is 1. The van der Waals surface area contributed by atoms with Crippen molar-refractivity contribution in [3.63, 3.8) is 0 Å². The minimum absolute atomic E-state index is 0.0593. The van der Waals surface area contributed by atoms with E-state index in [1.807, 2.05) is 4.90 Å². The highest BCUT2D eigenvalue weighted by atomic mass is 19.1. The summed E-state index contributed by atoms with van der Waals surface area (Å²) in [5.41, 5.74) is -0.190. The van der Waals surface area contributed by atoms with Crippen LogP contribution in [0.4, 0.5) is 20.2 Å². The van der Waals surface area contributed by atoms with Gasteiger partial charge in [-0.15, -0.1) is 0 Å². The number of ether oxygens (including phenoxy) is 2. The maximum atomic E-state index is 15.4. The Kier molecular flexibility index (Phi) is 5.93. The van der Waals surface area contributed by atoms with Crippen molar-refractivity contribution >= 4 is 28.2 Å². The van der Waals surface area contributed by atoms with Crippen LogP contribution in [0.5, 0.6) is 0 Å². The number of aromatic carboxylic acids is 1. The van der Waals surface area contributed by atoms with Gasteiger partial charge in [-0.05, 0) is 30.3 Å². The zero-order chi connectivity index (χ0) is 23.8. The van der Waals surface area contributed by atoms with E-state index >= 15 is 8.78 Å². The second-order valence-electron chi connectivity index (χ2n) is 8.20. The van der Waals surface area contributed by atoms with Gasteiger partial charge in [-0.2, -0.15) is 0 Å². The summed E-state index contributed by atoms with van der Waals surface area (Å²) >= 11 is 0. The van der Waals surface area contributed by atoms with Crippen LogP contribution in [0.2, 0.25) is 0 Å². The Morgan fingerprint density at radius 3 is 2.09 bits per heavy atom. The number of benzene rings is 2. The summed E-state index contributed by atoms with van der Waals surface area (Å²) in [4.78, 5) is 28.4. The van der Waals surface area contributed by atoms with Crippen LogP contribution in [0.3, 0.4) is 0 Å². The number of hydrogen-bond donors (Lipinski definition) is 1. The molecule has 0 atom stereocenters. The number of nitrogens with zero attached hydrogens (tertiary/aromatic N) is 3. The molecule has 2 aliphatic rings. The molecule has 3 aromatic rings. The molecule has 34 heavy (non-hydrogen) atoms. The normalized spacial score (nSPS) is 16.8. The number of fused-ring (bicyclic) bond motifs is 1. The molecule has 0 aliphatic carbocycles. The molecule has 2 saturated heterocycles. The summed E-state index contributed by atoms with van der Waals surface area (Å²) in [5, 5.41) is 9.43. The summed E-state index contributed by atoms with van der Waals surface area (Å²) in [7, 11) is 0. The summed E-state index contributed by atoms with van der Waals surface area (Å²) in [5.74, 6) is -2.71. The zero-order valence-corrected chi connectivity index (χ0v) is 18.3. The van der Waals surface area contributed by atoms with E-state index < -0.39 is 28.6 Å². The average molecular weight is 471 g/mol. The fourth-order valence-electron chi connectivity index (χ4n) is 4.44. The molecular formula is C24H23F2N3O5. The van der Waals surface area contributed by atoms with Gasteiger partial charge in [0.2, 0.25) is 5.43 Å². The molecule has 2 aromatic carbocycles. The fraction of sp³-hybridized carbons (Fsp3) is 0.333. The molecule has 178 valence electrons. The predicted molar refractivity (Wildman–Crippen MR) is 122 cm³/mol. The molecule has 0 amide bonds. The first-order valence-corrected chi connectivity index (χ1v) is 11.0. The molecule has 0 unspecified atom stereocenters. The van der Waals surface area contributed by atoms with E-state index in [1.54, 1.807) is 11.0 Å². The highest BCUT2D eigenvalue weighted by molar-refractivity contribution is 5.94. The zero-order valence-electron chi connectivity index (χ0n) is 18.3. The van der Waals surface area contributed by atoms with Crippen molar-refractivity contribution in [2.45, 2.75) is 0 Å². The number of rotatable bonds is 4. The van der Waals surface area contributed by atoms with Gasteiger partial charge in [0.05, 0.1) is 43.3 Å². The molecule has 0 spiro atoms. The third kappa shape index (κ3) is 3.99. The van der Waals surface area contributed by atoms with Crippen molar-refractivity contribution in [3.8, 4) is 5.69 Å². The maximum Gasteiger partial charge on any atom is 0.341 e. The van der Waals surface area contributed by atoms with Crippen LogP contribution >= 0.6 is 0 Å². The molecule has 2 aliphatic heterocycles. The van der Waals surface area contributed by atoms with E-state index in [-0.39, 0.29) is 22.3 Å². The molecule has 5 rings (SSSR count). The van der Waals surface area contributed by atoms with Crippen molar-refractivity contribution in [2.75, 3.05) is 62.4 Å². The molecule has 10 heteroatoms. The molecule has 0 radical (unpaired) electrons. The number of anilines is 2. The van der Waals surface area contributed by atoms with Crippen molar-refractivity contribution < 1.29 is 28.2 Å². The third-order valence-electron chi connectivity index (χ3n) is 6.22. The highest BCUT2D eigenvalue weighted by Gasteiger charge is 2.22. The summed E-state index contributed by atoms with van der Waals surface area (Å²) in [6.07, 6.45) is 1.10. The molecule has 0 bridgehead atoms. The van der Waals surface area contributed by atoms with E-state index in [1.165, 1.54) is 22.8 Å². The van der Waals surface area contributed by atoms with E-state index in [4.69, 9.17) is 9.47 Å². The minimum Gasteiger partial charge on any atom is -0.477 e. The van der Waals surface area contributed by atoms with Gasteiger partial charge >= 0.3 is 5.97 Å². The summed E-state index contributed by atoms with van der Waals surface area (Å²) in [6, 6.07) is 7.15. The van der Waals surface area contributed by atoms with Crippen LogP contribution in [0.1, 0.15) is 10.4 Å². The summed E-state index contributed by atoms with van der Waals surface area (Å²) < 4.78 is 42.4. The number of hydrogen-bond acceptors (Lipinski definition) is 6. The number of carboxylic acid groups (broad SMARTS) is 1. The van der Waals surface area contributed by atoms with Gasteiger partial charge in [0.15, 0.2) is 0 Å². The van der Waals surface area contributed by atoms with Gasteiger partial charge in [0.25, 0.3) is 0 Å². The van der Waals surface area contributed by atoms with Gasteiger partial charge in [-0.3, -0.25) is 4.79 Å². The van der Waals surface area contributed by atoms with Crippen LogP contribution in [0.15, 0.2) is 41.3 Å². The van der Waals surface area contributed by atoms with Crippen molar-refractivity contribution in [3.05, 3.63) is 63.9 Å². The second-order valence-corrected chi connectivity index (χ2v) is 8.20. The molecule has 8 nitrogen and oxygen atoms in total. The van der Waals surface area contributed by atoms with Crippen molar-refractivity contribution in [1.82, 2.24) is 4.57 Å². The Hall–Kier alpha value is -3.50. The van der Waals surface area contributed by atoms with Gasteiger partial charge in [0, 0.05) is 43.4 Å². The lowest BCUT2D eigenvalue weighted by Gasteiger charge is -2.30. The lowest BCUT2D eigenvalue weighted by atomic mass is 10.1. The Bertz CT molecular complexity index is 1310. The van der Waals surface area contributed by atoms with Crippen molar-refractivity contribution in [1.29, 1.82) is 0 Å². The average Bonchev–Trinajstić information content (AvgIpc) is 2.85. The molecule has 3 heterocycles. The van der Waals surface area contributed by atoms with Crippen LogP contribution in [-0.2, 0) is 9.47 Å². The van der Waals surface area contributed by atoms with Crippen LogP contribution < -0.4 is 15.2 Å². The molecule has 1 N–H and O–H groups in total. The SMILES string of the molecule is O=C(O)c1cn(-c2ccc(N3CCOCC3)cc2F)c2cc(N3CCOCC3)c(F)cc2c1=O. The standard InChI is InChI=1S/C24H23F2N3O5/c25-18-11-15(27-3-7-33-8-4-27)1-2-20(18)29-14-17(24(31)32)23(30)16-12-19(26)22(13-21(16)29)28-5-9-34-10-6-28/h1-2,11-14H,3-10H2,(H,31,32). The largest absolute Gasteiger partial charge is 0.477 e. The maximum absolute atomic E-state index is 15.4. The van der Waals surface area contributed by atoms with Crippen LogP contribution in [-0.4, -0.2) is 68.2 Å². The van der Waals surface area contributed by atoms with E-state index in [0.717, 1.165) is 12.3 Å². The van der Waals surface area contributed by atoms with Crippen LogP contribution in [0, 0.1) is 11.6 Å². The smallest absolute Gasteiger partial charge is 0.341 e. The first kappa shape index (κ1) is 22.3. The molecule has 2 fully saturated rings. The number of morpholine rings is 2. The number of halogens is 2. The summed E-state index contributed by atoms with van der Waals surface area (Å²) in [6.45, 7) is 4.14. The van der Waals surface area contributed by atoms with Gasteiger partial charge in [-0.1, -0.05) is 0 Å². The van der Waals surface area contributed by atoms with Gasteiger partial charge in [-0.25, -0.2) is 13.6 Å². The lowest BCUT2D eigenvalue weighted by Crippen LogP contribution is -2.36. The van der Waals surface area contributed by atoms with E-state index in [0.29, 0.717) is 58.3 Å². The first-order valence-electron chi connectivity index (χ1n) is 11.0. The fourth-order valence-corrected chi connectivity index (χ4v) is 4.44. The van der Waals surface area contributed by atoms with Gasteiger partial charge < -0.3 is 28.9 Å². The first-order chi connectivity index (χ1) is 16.4. The lowest BCUT2D eigenvalue weighted by molar-refractivity contribution is 0.0695. The number of carboxylic acids is 1. The highest BCUT2D eigenvalue weighted by Crippen LogP contribution is 2.29. The molecule has 1 aromatic heterocycles.